The molecular formula is C11H15N5O2. The van der Waals surface area contributed by atoms with Crippen LogP contribution < -0.4 is 11.1 Å². The third-order valence-electron chi connectivity index (χ3n) is 2.78. The molecule has 0 aliphatic carbocycles. The number of carbonyl (C=O) groups excluding carboxylic acids is 1. The Balaban J connectivity index is 2.16. The zero-order chi connectivity index (χ0) is 13.3. The molecule has 0 saturated carbocycles. The van der Waals surface area contributed by atoms with Crippen molar-refractivity contribution in [2.75, 3.05) is 5.73 Å². The molecule has 4 N–H and O–H groups in total. The summed E-state index contributed by atoms with van der Waals surface area (Å²) in [7, 11) is 0. The Morgan fingerprint density at radius 3 is 2.78 bits per heavy atom. The van der Waals surface area contributed by atoms with Crippen LogP contribution in [0.25, 0.3) is 0 Å². The number of H-pyrrole nitrogens is 1. The molecule has 2 rings (SSSR count). The van der Waals surface area contributed by atoms with E-state index in [1.165, 1.54) is 6.20 Å². The van der Waals surface area contributed by atoms with Crippen molar-refractivity contribution in [2.45, 2.75) is 26.8 Å². The molecule has 0 aromatic carbocycles. The molecule has 1 unspecified atom stereocenters. The second kappa shape index (κ2) is 4.52. The second-order valence-electron chi connectivity index (χ2n) is 4.13. The first-order valence-electron chi connectivity index (χ1n) is 5.53. The number of carbonyl (C=O) groups is 1. The lowest BCUT2D eigenvalue weighted by Gasteiger charge is -2.13. The summed E-state index contributed by atoms with van der Waals surface area (Å²) in [5.41, 5.74) is 7.56. The molecule has 96 valence electrons. The minimum Gasteiger partial charge on any atom is -0.383 e. The van der Waals surface area contributed by atoms with Gasteiger partial charge in [-0.15, -0.1) is 0 Å². The van der Waals surface area contributed by atoms with Crippen molar-refractivity contribution in [3.8, 4) is 0 Å². The highest BCUT2D eigenvalue weighted by Gasteiger charge is 2.20. The van der Waals surface area contributed by atoms with Crippen LogP contribution >= 0.6 is 0 Å². The normalized spacial score (nSPS) is 12.4. The fourth-order valence-electron chi connectivity index (χ4n) is 1.93. The first kappa shape index (κ1) is 12.2. The lowest BCUT2D eigenvalue weighted by molar-refractivity contribution is 0.0940. The highest BCUT2D eigenvalue weighted by Crippen LogP contribution is 2.21. The van der Waals surface area contributed by atoms with Gasteiger partial charge in [-0.1, -0.05) is 5.16 Å². The topological polar surface area (TPSA) is 110 Å². The molecule has 2 aromatic heterocycles. The van der Waals surface area contributed by atoms with Gasteiger partial charge in [0.1, 0.15) is 17.1 Å². The molecule has 1 amide bonds. The fourth-order valence-corrected chi connectivity index (χ4v) is 1.93. The van der Waals surface area contributed by atoms with E-state index in [2.05, 4.69) is 20.7 Å². The van der Waals surface area contributed by atoms with E-state index in [9.17, 15) is 4.79 Å². The number of rotatable bonds is 3. The summed E-state index contributed by atoms with van der Waals surface area (Å²) < 4.78 is 5.07. The van der Waals surface area contributed by atoms with Gasteiger partial charge in [0.2, 0.25) is 0 Å². The van der Waals surface area contributed by atoms with Crippen LogP contribution in [0.15, 0.2) is 10.7 Å². The summed E-state index contributed by atoms with van der Waals surface area (Å²) in [6, 6.07) is -0.210. The Hall–Kier alpha value is -2.31. The number of anilines is 1. The van der Waals surface area contributed by atoms with Crippen LogP contribution in [-0.4, -0.2) is 21.3 Å². The van der Waals surface area contributed by atoms with Crippen LogP contribution in [-0.2, 0) is 0 Å². The molecular weight excluding hydrogens is 234 g/mol. The number of nitrogen functional groups attached to an aromatic ring is 1. The van der Waals surface area contributed by atoms with Crippen molar-refractivity contribution in [3.05, 3.63) is 28.8 Å². The van der Waals surface area contributed by atoms with Gasteiger partial charge < -0.3 is 15.6 Å². The third kappa shape index (κ3) is 2.06. The van der Waals surface area contributed by atoms with E-state index in [-0.39, 0.29) is 17.8 Å². The summed E-state index contributed by atoms with van der Waals surface area (Å²) in [6.07, 6.45) is 1.39. The molecule has 1 atom stereocenters. The largest absolute Gasteiger partial charge is 0.383 e. The quantitative estimate of drug-likeness (QED) is 0.754. The summed E-state index contributed by atoms with van der Waals surface area (Å²) in [5, 5.41) is 12.9. The minimum absolute atomic E-state index is 0.210. The number of hydrogen-bond donors (Lipinski definition) is 3. The summed E-state index contributed by atoms with van der Waals surface area (Å²) in [5.74, 6) is 0.660. The van der Waals surface area contributed by atoms with Crippen molar-refractivity contribution in [1.82, 2.24) is 20.7 Å². The SMILES string of the molecule is Cc1noc(C)c1C(C)NC(=O)c1cn[nH]c1N. The lowest BCUT2D eigenvalue weighted by atomic mass is 10.1. The zero-order valence-electron chi connectivity index (χ0n) is 10.4. The maximum absolute atomic E-state index is 12.0. The molecule has 0 aliphatic heterocycles. The molecule has 0 bridgehead atoms. The molecule has 7 heteroatoms. The Bertz CT molecular complexity index is 552. The minimum atomic E-state index is -0.284. The van der Waals surface area contributed by atoms with Crippen LogP contribution in [0, 0.1) is 13.8 Å². The Labute approximate surface area is 104 Å². The molecule has 0 fully saturated rings. The average Bonchev–Trinajstić information content (AvgIpc) is 2.85. The number of aromatic amines is 1. The monoisotopic (exact) mass is 249 g/mol. The fraction of sp³-hybridized carbons (Fsp3) is 0.364. The van der Waals surface area contributed by atoms with Crippen molar-refractivity contribution in [3.63, 3.8) is 0 Å². The van der Waals surface area contributed by atoms with Gasteiger partial charge in [0.25, 0.3) is 5.91 Å². The summed E-state index contributed by atoms with van der Waals surface area (Å²) in [6.45, 7) is 5.51. The van der Waals surface area contributed by atoms with Gasteiger partial charge in [0.05, 0.1) is 17.9 Å². The smallest absolute Gasteiger partial charge is 0.257 e. The number of aryl methyl sites for hydroxylation is 2. The molecule has 2 heterocycles. The second-order valence-corrected chi connectivity index (χ2v) is 4.13. The van der Waals surface area contributed by atoms with E-state index in [1.54, 1.807) is 0 Å². The molecule has 0 aliphatic rings. The third-order valence-corrected chi connectivity index (χ3v) is 2.78. The maximum Gasteiger partial charge on any atom is 0.257 e. The van der Waals surface area contributed by atoms with E-state index >= 15 is 0 Å². The molecule has 0 spiro atoms. The van der Waals surface area contributed by atoms with Crippen molar-refractivity contribution in [1.29, 1.82) is 0 Å². The van der Waals surface area contributed by atoms with Gasteiger partial charge in [-0.05, 0) is 20.8 Å². The van der Waals surface area contributed by atoms with Gasteiger partial charge in [0, 0.05) is 5.56 Å². The van der Waals surface area contributed by atoms with Crippen LogP contribution in [0.1, 0.15) is 40.3 Å². The van der Waals surface area contributed by atoms with E-state index < -0.39 is 0 Å². The molecule has 18 heavy (non-hydrogen) atoms. The van der Waals surface area contributed by atoms with Crippen LogP contribution in [0.5, 0.6) is 0 Å². The standard InChI is InChI=1S/C11H15N5O2/c1-5(9-6(2)16-18-7(9)3)14-11(17)8-4-13-15-10(8)12/h4-5H,1-3H3,(H,14,17)(H3,12,13,15). The zero-order valence-corrected chi connectivity index (χ0v) is 10.4. The molecule has 7 nitrogen and oxygen atoms in total. The highest BCUT2D eigenvalue weighted by molar-refractivity contribution is 5.98. The first-order valence-corrected chi connectivity index (χ1v) is 5.53. The van der Waals surface area contributed by atoms with E-state index in [0.29, 0.717) is 11.3 Å². The summed E-state index contributed by atoms with van der Waals surface area (Å²) in [4.78, 5) is 12.0. The predicted molar refractivity (Wildman–Crippen MR) is 64.9 cm³/mol. The van der Waals surface area contributed by atoms with Gasteiger partial charge >= 0.3 is 0 Å². The Morgan fingerprint density at radius 1 is 1.56 bits per heavy atom. The Kier molecular flexibility index (Phi) is 3.05. The van der Waals surface area contributed by atoms with Crippen molar-refractivity contribution < 1.29 is 9.32 Å². The number of nitrogens with one attached hydrogen (secondary N) is 2. The number of nitrogens with zero attached hydrogens (tertiary/aromatic N) is 2. The molecule has 2 aromatic rings. The average molecular weight is 249 g/mol. The molecule has 0 radical (unpaired) electrons. The van der Waals surface area contributed by atoms with Crippen molar-refractivity contribution >= 4 is 11.7 Å². The van der Waals surface area contributed by atoms with E-state index in [4.69, 9.17) is 10.3 Å². The van der Waals surface area contributed by atoms with Gasteiger partial charge in [-0.3, -0.25) is 9.89 Å². The Morgan fingerprint density at radius 2 is 2.28 bits per heavy atom. The molecule has 0 saturated heterocycles. The first-order chi connectivity index (χ1) is 8.50. The number of amides is 1. The van der Waals surface area contributed by atoms with Gasteiger partial charge in [-0.2, -0.15) is 5.10 Å². The number of hydrogen-bond acceptors (Lipinski definition) is 5. The van der Waals surface area contributed by atoms with Crippen LogP contribution in [0.4, 0.5) is 5.82 Å². The van der Waals surface area contributed by atoms with Crippen LogP contribution in [0.3, 0.4) is 0 Å². The predicted octanol–water partition coefficient (Wildman–Crippen LogP) is 1.09. The van der Waals surface area contributed by atoms with Crippen molar-refractivity contribution in [2.24, 2.45) is 0 Å². The van der Waals surface area contributed by atoms with Gasteiger partial charge in [0.15, 0.2) is 0 Å². The van der Waals surface area contributed by atoms with Gasteiger partial charge in [-0.25, -0.2) is 0 Å². The summed E-state index contributed by atoms with van der Waals surface area (Å²) >= 11 is 0. The number of aromatic nitrogens is 3. The van der Waals surface area contributed by atoms with E-state index in [1.807, 2.05) is 20.8 Å². The highest BCUT2D eigenvalue weighted by atomic mass is 16.5. The number of nitrogens with two attached hydrogens (primary N) is 1. The van der Waals surface area contributed by atoms with Crippen LogP contribution in [0.2, 0.25) is 0 Å². The maximum atomic E-state index is 12.0. The lowest BCUT2D eigenvalue weighted by Crippen LogP contribution is -2.27. The van der Waals surface area contributed by atoms with E-state index in [0.717, 1.165) is 11.3 Å².